The summed E-state index contributed by atoms with van der Waals surface area (Å²) in [6, 6.07) is 22.5. The molecule has 0 aliphatic carbocycles. The topological polar surface area (TPSA) is 66.5 Å². The Labute approximate surface area is 182 Å². The van der Waals surface area contributed by atoms with Crippen molar-refractivity contribution in [1.29, 1.82) is 0 Å². The average Bonchev–Trinajstić information content (AvgIpc) is 3.03. The number of hydrogen-bond donors (Lipinski definition) is 1. The number of benzene rings is 3. The van der Waals surface area contributed by atoms with Gasteiger partial charge < -0.3 is 5.32 Å². The standard InChI is InChI=1S/C24H19BrN2O3/c1-15(27-23(29)19-9-5-6-10-20(19)24(27)30)22(28)26-21(16-7-3-2-4-8-16)17-11-13-18(25)14-12-17/h2-15,21H,1H3,(H,26,28)/t15-,21+/m1/s1. The molecular weight excluding hydrogens is 444 g/mol. The maximum absolute atomic E-state index is 13.1. The Bertz CT molecular complexity index is 1080. The lowest BCUT2D eigenvalue weighted by Crippen LogP contribution is -2.48. The van der Waals surface area contributed by atoms with Crippen LogP contribution < -0.4 is 5.32 Å². The van der Waals surface area contributed by atoms with Gasteiger partial charge in [0.25, 0.3) is 11.8 Å². The van der Waals surface area contributed by atoms with E-state index < -0.39 is 29.8 Å². The number of halogens is 1. The van der Waals surface area contributed by atoms with Crippen LogP contribution in [0.25, 0.3) is 0 Å². The van der Waals surface area contributed by atoms with Gasteiger partial charge in [-0.1, -0.05) is 70.5 Å². The van der Waals surface area contributed by atoms with Gasteiger partial charge in [-0.05, 0) is 42.3 Å². The molecule has 0 radical (unpaired) electrons. The number of carbonyl (C=O) groups is 3. The Kier molecular flexibility index (Phi) is 5.50. The van der Waals surface area contributed by atoms with Gasteiger partial charge in [0.15, 0.2) is 0 Å². The predicted molar refractivity (Wildman–Crippen MR) is 117 cm³/mol. The third kappa shape index (κ3) is 3.66. The molecule has 30 heavy (non-hydrogen) atoms. The summed E-state index contributed by atoms with van der Waals surface area (Å²) < 4.78 is 0.934. The quantitative estimate of drug-likeness (QED) is 0.573. The maximum Gasteiger partial charge on any atom is 0.262 e. The Morgan fingerprint density at radius 1 is 0.800 bits per heavy atom. The summed E-state index contributed by atoms with van der Waals surface area (Å²) >= 11 is 3.43. The Morgan fingerprint density at radius 2 is 1.30 bits per heavy atom. The minimum atomic E-state index is -0.945. The van der Waals surface area contributed by atoms with Crippen molar-refractivity contribution in [2.45, 2.75) is 19.0 Å². The van der Waals surface area contributed by atoms with Gasteiger partial charge in [0.1, 0.15) is 6.04 Å². The van der Waals surface area contributed by atoms with E-state index in [0.717, 1.165) is 20.5 Å². The second kappa shape index (κ2) is 8.24. The first-order valence-electron chi connectivity index (χ1n) is 9.55. The first-order chi connectivity index (χ1) is 14.5. The van der Waals surface area contributed by atoms with Gasteiger partial charge in [0.05, 0.1) is 17.2 Å². The monoisotopic (exact) mass is 462 g/mol. The third-order valence-electron chi connectivity index (χ3n) is 5.22. The molecule has 1 heterocycles. The molecule has 1 aliphatic rings. The highest BCUT2D eigenvalue weighted by Gasteiger charge is 2.41. The van der Waals surface area contributed by atoms with Crippen LogP contribution in [0.4, 0.5) is 0 Å². The Balaban J connectivity index is 1.61. The van der Waals surface area contributed by atoms with Crippen molar-refractivity contribution in [3.8, 4) is 0 Å². The molecule has 3 aromatic rings. The van der Waals surface area contributed by atoms with Crippen LogP contribution in [0.3, 0.4) is 0 Å². The van der Waals surface area contributed by atoms with E-state index >= 15 is 0 Å². The minimum Gasteiger partial charge on any atom is -0.343 e. The average molecular weight is 463 g/mol. The zero-order valence-corrected chi connectivity index (χ0v) is 17.8. The van der Waals surface area contributed by atoms with Gasteiger partial charge in [-0.3, -0.25) is 19.3 Å². The number of nitrogens with one attached hydrogen (secondary N) is 1. The largest absolute Gasteiger partial charge is 0.343 e. The summed E-state index contributed by atoms with van der Waals surface area (Å²) in [5.41, 5.74) is 2.46. The number of amides is 3. The van der Waals surface area contributed by atoms with Gasteiger partial charge in [-0.25, -0.2) is 0 Å². The summed E-state index contributed by atoms with van der Waals surface area (Å²) in [6.07, 6.45) is 0. The number of nitrogens with zero attached hydrogens (tertiary/aromatic N) is 1. The van der Waals surface area contributed by atoms with Gasteiger partial charge in [0.2, 0.25) is 5.91 Å². The van der Waals surface area contributed by atoms with E-state index in [2.05, 4.69) is 21.2 Å². The van der Waals surface area contributed by atoms with E-state index in [1.165, 1.54) is 0 Å². The summed E-state index contributed by atoms with van der Waals surface area (Å²) in [6.45, 7) is 1.57. The predicted octanol–water partition coefficient (Wildman–Crippen LogP) is 4.34. The van der Waals surface area contributed by atoms with Gasteiger partial charge in [0, 0.05) is 4.47 Å². The number of imide groups is 1. The normalized spacial score (nSPS) is 14.9. The molecule has 0 saturated heterocycles. The summed E-state index contributed by atoms with van der Waals surface area (Å²) in [5.74, 6) is -1.29. The van der Waals surface area contributed by atoms with Crippen LogP contribution in [-0.2, 0) is 4.79 Å². The van der Waals surface area contributed by atoms with Crippen molar-refractivity contribution >= 4 is 33.7 Å². The molecular formula is C24H19BrN2O3. The first kappa shape index (κ1) is 20.0. The van der Waals surface area contributed by atoms with Crippen LogP contribution in [0.5, 0.6) is 0 Å². The van der Waals surface area contributed by atoms with E-state index in [0.29, 0.717) is 11.1 Å². The van der Waals surface area contributed by atoms with Crippen LogP contribution >= 0.6 is 15.9 Å². The second-order valence-electron chi connectivity index (χ2n) is 7.11. The van der Waals surface area contributed by atoms with Crippen LogP contribution in [0, 0.1) is 0 Å². The van der Waals surface area contributed by atoms with Crippen molar-refractivity contribution in [3.63, 3.8) is 0 Å². The van der Waals surface area contributed by atoms with Crippen LogP contribution in [-0.4, -0.2) is 28.7 Å². The molecule has 0 aromatic heterocycles. The van der Waals surface area contributed by atoms with E-state index in [4.69, 9.17) is 0 Å². The van der Waals surface area contributed by atoms with Crippen LogP contribution in [0.15, 0.2) is 83.3 Å². The molecule has 3 aromatic carbocycles. The number of rotatable bonds is 5. The number of hydrogen-bond acceptors (Lipinski definition) is 3. The molecule has 0 bridgehead atoms. The van der Waals surface area contributed by atoms with Gasteiger partial charge in [-0.15, -0.1) is 0 Å². The highest BCUT2D eigenvalue weighted by Crippen LogP contribution is 2.27. The second-order valence-corrected chi connectivity index (χ2v) is 8.02. The van der Waals surface area contributed by atoms with Crippen molar-refractivity contribution in [2.75, 3.05) is 0 Å². The lowest BCUT2D eigenvalue weighted by molar-refractivity contribution is -0.125. The highest BCUT2D eigenvalue weighted by atomic mass is 79.9. The van der Waals surface area contributed by atoms with Gasteiger partial charge >= 0.3 is 0 Å². The number of fused-ring (bicyclic) bond motifs is 1. The molecule has 2 atom stereocenters. The third-order valence-corrected chi connectivity index (χ3v) is 5.74. The fourth-order valence-corrected chi connectivity index (χ4v) is 3.86. The molecule has 0 spiro atoms. The molecule has 5 nitrogen and oxygen atoms in total. The molecule has 3 amide bonds. The van der Waals surface area contributed by atoms with Gasteiger partial charge in [-0.2, -0.15) is 0 Å². The number of carbonyl (C=O) groups excluding carboxylic acids is 3. The Morgan fingerprint density at radius 3 is 1.87 bits per heavy atom. The molecule has 0 fully saturated rings. The molecule has 150 valence electrons. The first-order valence-corrected chi connectivity index (χ1v) is 10.3. The molecule has 1 aliphatic heterocycles. The minimum absolute atomic E-state index is 0.328. The zero-order valence-electron chi connectivity index (χ0n) is 16.2. The summed E-state index contributed by atoms with van der Waals surface area (Å²) in [4.78, 5) is 39.6. The van der Waals surface area contributed by atoms with Crippen molar-refractivity contribution in [3.05, 3.63) is 106 Å². The van der Waals surface area contributed by atoms with E-state index in [1.807, 2.05) is 54.6 Å². The van der Waals surface area contributed by atoms with Crippen LogP contribution in [0.1, 0.15) is 44.8 Å². The Hall–Kier alpha value is -3.25. The van der Waals surface area contributed by atoms with E-state index in [9.17, 15) is 14.4 Å². The zero-order chi connectivity index (χ0) is 21.3. The lowest BCUT2D eigenvalue weighted by atomic mass is 9.98. The van der Waals surface area contributed by atoms with Crippen molar-refractivity contribution in [1.82, 2.24) is 10.2 Å². The SMILES string of the molecule is C[C@H](C(=O)N[C@@H](c1ccccc1)c1ccc(Br)cc1)N1C(=O)c2ccccc2C1=O. The fraction of sp³-hybridized carbons (Fsp3) is 0.125. The maximum atomic E-state index is 13.1. The summed E-state index contributed by atoms with van der Waals surface area (Å²) in [7, 11) is 0. The van der Waals surface area contributed by atoms with Crippen molar-refractivity contribution in [2.24, 2.45) is 0 Å². The van der Waals surface area contributed by atoms with E-state index in [1.54, 1.807) is 31.2 Å². The smallest absolute Gasteiger partial charge is 0.262 e. The molecule has 0 unspecified atom stereocenters. The van der Waals surface area contributed by atoms with E-state index in [-0.39, 0.29) is 0 Å². The summed E-state index contributed by atoms with van der Waals surface area (Å²) in [5, 5.41) is 3.01. The molecule has 4 rings (SSSR count). The molecule has 0 saturated carbocycles. The highest BCUT2D eigenvalue weighted by molar-refractivity contribution is 9.10. The van der Waals surface area contributed by atoms with Crippen molar-refractivity contribution < 1.29 is 14.4 Å². The van der Waals surface area contributed by atoms with Crippen LogP contribution in [0.2, 0.25) is 0 Å². The fourth-order valence-electron chi connectivity index (χ4n) is 3.60. The molecule has 6 heteroatoms. The lowest BCUT2D eigenvalue weighted by Gasteiger charge is -2.26. The molecule has 1 N–H and O–H groups in total.